The summed E-state index contributed by atoms with van der Waals surface area (Å²) in [6.07, 6.45) is 2.52. The van der Waals surface area contributed by atoms with Gasteiger partial charge in [-0.1, -0.05) is 19.1 Å². The number of ether oxygens (including phenoxy) is 1. The average molecular weight is 453 g/mol. The van der Waals surface area contributed by atoms with Crippen molar-refractivity contribution in [1.82, 2.24) is 18.8 Å². The zero-order valence-electron chi connectivity index (χ0n) is 18.1. The van der Waals surface area contributed by atoms with Gasteiger partial charge in [-0.3, -0.25) is 4.98 Å². The number of benzene rings is 2. The standard InChI is InChI=1S/C23H24N4O4S/c1-4-13-27-21-11-10-16(32(29,30)26(2)3)14-20(21)25-22(27)15-31-23(28)18-7-5-9-19-17(18)8-6-12-24-19/h5-12,14H,4,13,15H2,1-3H3. The largest absolute Gasteiger partial charge is 0.454 e. The van der Waals surface area contributed by atoms with Crippen LogP contribution in [0.2, 0.25) is 0 Å². The van der Waals surface area contributed by atoms with Crippen molar-refractivity contribution < 1.29 is 17.9 Å². The first-order chi connectivity index (χ1) is 15.3. The Morgan fingerprint density at radius 2 is 1.91 bits per heavy atom. The molecule has 9 heteroatoms. The average Bonchev–Trinajstić information content (AvgIpc) is 3.14. The Bertz CT molecular complexity index is 1410. The first kappa shape index (κ1) is 21.9. The summed E-state index contributed by atoms with van der Waals surface area (Å²) in [5.74, 6) is 0.0996. The molecule has 0 amide bonds. The molecule has 2 aromatic carbocycles. The van der Waals surface area contributed by atoms with Crippen molar-refractivity contribution in [2.75, 3.05) is 14.1 Å². The fourth-order valence-corrected chi connectivity index (χ4v) is 4.53. The van der Waals surface area contributed by atoms with E-state index < -0.39 is 16.0 Å². The molecule has 0 unspecified atom stereocenters. The number of esters is 1. The third kappa shape index (κ3) is 3.96. The Morgan fingerprint density at radius 1 is 1.09 bits per heavy atom. The van der Waals surface area contributed by atoms with Crippen LogP contribution in [-0.4, -0.2) is 47.3 Å². The van der Waals surface area contributed by atoms with Gasteiger partial charge in [-0.2, -0.15) is 0 Å². The predicted molar refractivity (Wildman–Crippen MR) is 122 cm³/mol. The number of fused-ring (bicyclic) bond motifs is 2. The van der Waals surface area contributed by atoms with Gasteiger partial charge in [-0.15, -0.1) is 0 Å². The lowest BCUT2D eigenvalue weighted by molar-refractivity contribution is 0.0461. The highest BCUT2D eigenvalue weighted by Crippen LogP contribution is 2.24. The van der Waals surface area contributed by atoms with Gasteiger partial charge < -0.3 is 9.30 Å². The molecule has 0 spiro atoms. The fourth-order valence-electron chi connectivity index (χ4n) is 3.60. The van der Waals surface area contributed by atoms with Gasteiger partial charge in [0.05, 0.1) is 27.0 Å². The van der Waals surface area contributed by atoms with Crippen LogP contribution in [0.1, 0.15) is 29.5 Å². The van der Waals surface area contributed by atoms with E-state index >= 15 is 0 Å². The lowest BCUT2D eigenvalue weighted by atomic mass is 10.1. The van der Waals surface area contributed by atoms with Gasteiger partial charge in [0.2, 0.25) is 10.0 Å². The third-order valence-electron chi connectivity index (χ3n) is 5.22. The molecular weight excluding hydrogens is 428 g/mol. The molecule has 0 radical (unpaired) electrons. The Balaban J connectivity index is 1.66. The van der Waals surface area contributed by atoms with E-state index in [2.05, 4.69) is 9.97 Å². The highest BCUT2D eigenvalue weighted by molar-refractivity contribution is 7.89. The first-order valence-electron chi connectivity index (χ1n) is 10.3. The highest BCUT2D eigenvalue weighted by atomic mass is 32.2. The van der Waals surface area contributed by atoms with Gasteiger partial charge in [-0.25, -0.2) is 22.5 Å². The number of carbonyl (C=O) groups excluding carboxylic acids is 1. The second-order valence-corrected chi connectivity index (χ2v) is 9.72. The number of pyridine rings is 1. The molecule has 4 aromatic rings. The third-order valence-corrected chi connectivity index (χ3v) is 7.03. The SMILES string of the molecule is CCCn1c(COC(=O)c2cccc3ncccc23)nc2cc(S(=O)(=O)N(C)C)ccc21. The van der Waals surface area contributed by atoms with E-state index in [0.29, 0.717) is 23.4 Å². The number of rotatable bonds is 7. The molecule has 0 bridgehead atoms. The number of hydrogen-bond donors (Lipinski definition) is 0. The predicted octanol–water partition coefficient (Wildman–Crippen LogP) is 3.60. The maximum absolute atomic E-state index is 12.8. The molecule has 0 aliphatic carbocycles. The number of carbonyl (C=O) groups is 1. The van der Waals surface area contributed by atoms with Gasteiger partial charge in [0.25, 0.3) is 0 Å². The van der Waals surface area contributed by atoms with E-state index in [1.165, 1.54) is 18.4 Å². The minimum Gasteiger partial charge on any atom is -0.454 e. The molecule has 0 saturated heterocycles. The van der Waals surface area contributed by atoms with E-state index in [1.54, 1.807) is 42.6 Å². The van der Waals surface area contributed by atoms with Crippen LogP contribution in [0.3, 0.4) is 0 Å². The Kier molecular flexibility index (Phi) is 5.94. The van der Waals surface area contributed by atoms with Crippen molar-refractivity contribution in [2.24, 2.45) is 0 Å². The maximum atomic E-state index is 12.8. The summed E-state index contributed by atoms with van der Waals surface area (Å²) in [6, 6.07) is 13.8. The van der Waals surface area contributed by atoms with Gasteiger partial charge in [0.1, 0.15) is 12.4 Å². The summed E-state index contributed by atoms with van der Waals surface area (Å²) in [4.78, 5) is 21.8. The van der Waals surface area contributed by atoms with Crippen molar-refractivity contribution in [1.29, 1.82) is 0 Å². The quantitative estimate of drug-likeness (QED) is 0.398. The maximum Gasteiger partial charge on any atom is 0.339 e. The van der Waals surface area contributed by atoms with Crippen LogP contribution in [0.4, 0.5) is 0 Å². The second kappa shape index (κ2) is 8.68. The Labute approximate surface area is 186 Å². The van der Waals surface area contributed by atoms with Crippen LogP contribution < -0.4 is 0 Å². The zero-order valence-corrected chi connectivity index (χ0v) is 19.0. The number of aromatic nitrogens is 3. The minimum atomic E-state index is -3.57. The summed E-state index contributed by atoms with van der Waals surface area (Å²) < 4.78 is 33.7. The number of hydrogen-bond acceptors (Lipinski definition) is 6. The second-order valence-electron chi connectivity index (χ2n) is 7.57. The molecule has 4 rings (SSSR count). The zero-order chi connectivity index (χ0) is 22.9. The van der Waals surface area contributed by atoms with Gasteiger partial charge >= 0.3 is 5.97 Å². The van der Waals surface area contributed by atoms with Crippen molar-refractivity contribution in [3.63, 3.8) is 0 Å². The molecule has 0 atom stereocenters. The van der Waals surface area contributed by atoms with Crippen LogP contribution in [0, 0.1) is 0 Å². The normalized spacial score (nSPS) is 12.0. The van der Waals surface area contributed by atoms with Gasteiger partial charge in [0.15, 0.2) is 0 Å². The smallest absolute Gasteiger partial charge is 0.339 e. The lowest BCUT2D eigenvalue weighted by Crippen LogP contribution is -2.22. The van der Waals surface area contributed by atoms with E-state index in [0.717, 1.165) is 22.8 Å². The molecule has 2 aromatic heterocycles. The summed E-state index contributed by atoms with van der Waals surface area (Å²) in [5.41, 5.74) is 2.50. The van der Waals surface area contributed by atoms with Crippen molar-refractivity contribution in [3.8, 4) is 0 Å². The summed E-state index contributed by atoms with van der Waals surface area (Å²) in [7, 11) is -0.596. The number of aryl methyl sites for hydroxylation is 1. The molecule has 0 saturated carbocycles. The topological polar surface area (TPSA) is 94.4 Å². The molecule has 2 heterocycles. The van der Waals surface area contributed by atoms with Crippen molar-refractivity contribution in [3.05, 3.63) is 66.1 Å². The van der Waals surface area contributed by atoms with Crippen molar-refractivity contribution >= 4 is 37.9 Å². The lowest BCUT2D eigenvalue weighted by Gasteiger charge is -2.11. The van der Waals surface area contributed by atoms with Crippen LogP contribution in [0.15, 0.2) is 59.6 Å². The van der Waals surface area contributed by atoms with Crippen LogP contribution in [0.25, 0.3) is 21.9 Å². The van der Waals surface area contributed by atoms with Crippen LogP contribution >= 0.6 is 0 Å². The van der Waals surface area contributed by atoms with E-state index in [-0.39, 0.29) is 11.5 Å². The summed E-state index contributed by atoms with van der Waals surface area (Å²) in [6.45, 7) is 2.68. The molecule has 0 aliphatic heterocycles. The van der Waals surface area contributed by atoms with Gasteiger partial charge in [0, 0.05) is 32.2 Å². The highest BCUT2D eigenvalue weighted by Gasteiger charge is 2.20. The summed E-state index contributed by atoms with van der Waals surface area (Å²) in [5, 5.41) is 0.723. The molecular formula is C23H24N4O4S. The fraction of sp³-hybridized carbons (Fsp3) is 0.261. The first-order valence-corrected chi connectivity index (χ1v) is 11.7. The Hall–Kier alpha value is -3.30. The molecule has 8 nitrogen and oxygen atoms in total. The molecule has 166 valence electrons. The van der Waals surface area contributed by atoms with E-state index in [4.69, 9.17) is 4.74 Å². The summed E-state index contributed by atoms with van der Waals surface area (Å²) >= 11 is 0. The Morgan fingerprint density at radius 3 is 2.66 bits per heavy atom. The van der Waals surface area contributed by atoms with E-state index in [1.807, 2.05) is 23.6 Å². The van der Waals surface area contributed by atoms with Crippen LogP contribution in [0.5, 0.6) is 0 Å². The monoisotopic (exact) mass is 452 g/mol. The molecule has 0 aliphatic rings. The number of sulfonamides is 1. The minimum absolute atomic E-state index is 0.0279. The molecule has 32 heavy (non-hydrogen) atoms. The van der Waals surface area contributed by atoms with E-state index in [9.17, 15) is 13.2 Å². The molecule has 0 N–H and O–H groups in total. The number of imidazole rings is 1. The van der Waals surface area contributed by atoms with Gasteiger partial charge in [-0.05, 0) is 42.8 Å². The van der Waals surface area contributed by atoms with Crippen LogP contribution in [-0.2, 0) is 27.9 Å². The molecule has 0 fully saturated rings. The number of nitrogens with zero attached hydrogens (tertiary/aromatic N) is 4. The van der Waals surface area contributed by atoms with Crippen molar-refractivity contribution in [2.45, 2.75) is 31.4 Å².